The van der Waals surface area contributed by atoms with Crippen LogP contribution in [0, 0.1) is 0 Å². The zero-order chi connectivity index (χ0) is 14.5. The SMILES string of the molecule is Cn1nccc1OCCCCO[Si](C)(C)C(C)(C)C. The predicted octanol–water partition coefficient (Wildman–Crippen LogP) is 3.60. The molecule has 1 heterocycles. The highest BCUT2D eigenvalue weighted by Crippen LogP contribution is 2.36. The summed E-state index contributed by atoms with van der Waals surface area (Å²) in [4.78, 5) is 0. The molecule has 0 fully saturated rings. The number of rotatable bonds is 7. The Hall–Kier alpha value is -0.813. The molecular weight excluding hydrogens is 256 g/mol. The fraction of sp³-hybridized carbons (Fsp3) is 0.786. The van der Waals surface area contributed by atoms with E-state index in [1.807, 2.05) is 13.1 Å². The molecule has 0 radical (unpaired) electrons. The predicted molar refractivity (Wildman–Crippen MR) is 81.1 cm³/mol. The highest BCUT2D eigenvalue weighted by molar-refractivity contribution is 6.74. The Morgan fingerprint density at radius 3 is 2.37 bits per heavy atom. The van der Waals surface area contributed by atoms with Crippen molar-refractivity contribution in [3.63, 3.8) is 0 Å². The van der Waals surface area contributed by atoms with Crippen molar-refractivity contribution in [2.75, 3.05) is 13.2 Å². The Morgan fingerprint density at radius 2 is 1.84 bits per heavy atom. The summed E-state index contributed by atoms with van der Waals surface area (Å²) in [5, 5.41) is 4.35. The fourth-order valence-electron chi connectivity index (χ4n) is 1.43. The average molecular weight is 284 g/mol. The average Bonchev–Trinajstić information content (AvgIpc) is 2.67. The molecule has 0 bridgehead atoms. The van der Waals surface area contributed by atoms with Crippen LogP contribution in [0.2, 0.25) is 18.1 Å². The van der Waals surface area contributed by atoms with Gasteiger partial charge in [-0.25, -0.2) is 4.68 Å². The molecule has 1 rings (SSSR count). The first-order valence-electron chi connectivity index (χ1n) is 6.99. The van der Waals surface area contributed by atoms with E-state index < -0.39 is 8.32 Å². The summed E-state index contributed by atoms with van der Waals surface area (Å²) in [6.45, 7) is 12.9. The van der Waals surface area contributed by atoms with E-state index in [0.717, 1.165) is 31.9 Å². The molecule has 0 aliphatic carbocycles. The monoisotopic (exact) mass is 284 g/mol. The van der Waals surface area contributed by atoms with Crippen LogP contribution in [0.3, 0.4) is 0 Å². The van der Waals surface area contributed by atoms with Gasteiger partial charge >= 0.3 is 0 Å². The van der Waals surface area contributed by atoms with Gasteiger partial charge in [0.15, 0.2) is 8.32 Å². The van der Waals surface area contributed by atoms with Crippen molar-refractivity contribution in [2.24, 2.45) is 7.05 Å². The number of aromatic nitrogens is 2. The lowest BCUT2D eigenvalue weighted by atomic mass is 10.2. The van der Waals surface area contributed by atoms with Gasteiger partial charge in [-0.05, 0) is 31.0 Å². The van der Waals surface area contributed by atoms with Crippen LogP contribution in [0.4, 0.5) is 0 Å². The summed E-state index contributed by atoms with van der Waals surface area (Å²) in [6.07, 6.45) is 3.81. The molecule has 0 aliphatic rings. The van der Waals surface area contributed by atoms with Crippen molar-refractivity contribution >= 4 is 8.32 Å². The quantitative estimate of drug-likeness (QED) is 0.567. The number of nitrogens with zero attached hydrogens (tertiary/aromatic N) is 2. The third-order valence-electron chi connectivity index (χ3n) is 3.83. The molecule has 4 nitrogen and oxygen atoms in total. The van der Waals surface area contributed by atoms with Gasteiger partial charge in [0.1, 0.15) is 0 Å². The zero-order valence-electron chi connectivity index (χ0n) is 13.2. The van der Waals surface area contributed by atoms with Crippen LogP contribution in [-0.4, -0.2) is 31.3 Å². The molecule has 0 aliphatic heterocycles. The van der Waals surface area contributed by atoms with Gasteiger partial charge in [-0.3, -0.25) is 0 Å². The van der Waals surface area contributed by atoms with E-state index >= 15 is 0 Å². The highest BCUT2D eigenvalue weighted by Gasteiger charge is 2.36. The van der Waals surface area contributed by atoms with Gasteiger partial charge in [0.05, 0.1) is 12.8 Å². The summed E-state index contributed by atoms with van der Waals surface area (Å²) in [5.74, 6) is 0.824. The lowest BCUT2D eigenvalue weighted by molar-refractivity contribution is 0.243. The van der Waals surface area contributed by atoms with Crippen LogP contribution in [0.1, 0.15) is 33.6 Å². The molecule has 0 spiro atoms. The maximum absolute atomic E-state index is 6.12. The lowest BCUT2D eigenvalue weighted by Gasteiger charge is -2.36. The largest absolute Gasteiger partial charge is 0.478 e. The Morgan fingerprint density at radius 1 is 1.21 bits per heavy atom. The second kappa shape index (κ2) is 6.57. The molecule has 110 valence electrons. The third-order valence-corrected chi connectivity index (χ3v) is 8.37. The number of unbranched alkanes of at least 4 members (excludes halogenated alkanes) is 1. The zero-order valence-corrected chi connectivity index (χ0v) is 14.2. The molecule has 0 unspecified atom stereocenters. The Labute approximate surface area is 118 Å². The van der Waals surface area contributed by atoms with Gasteiger partial charge in [0, 0.05) is 19.7 Å². The van der Waals surface area contributed by atoms with E-state index in [1.165, 1.54) is 0 Å². The Balaban J connectivity index is 2.14. The minimum Gasteiger partial charge on any atom is -0.478 e. The maximum atomic E-state index is 6.12. The fourth-order valence-corrected chi connectivity index (χ4v) is 2.52. The van der Waals surface area contributed by atoms with Gasteiger partial charge in [-0.2, -0.15) is 5.10 Å². The number of hydrogen-bond donors (Lipinski definition) is 0. The summed E-state index contributed by atoms with van der Waals surface area (Å²) >= 11 is 0. The van der Waals surface area contributed by atoms with Crippen molar-refractivity contribution in [1.82, 2.24) is 9.78 Å². The Kier molecular flexibility index (Phi) is 5.61. The second-order valence-corrected chi connectivity index (χ2v) is 11.3. The molecule has 1 aromatic heterocycles. The van der Waals surface area contributed by atoms with Gasteiger partial charge in [-0.15, -0.1) is 0 Å². The van der Waals surface area contributed by atoms with E-state index in [4.69, 9.17) is 9.16 Å². The third kappa shape index (κ3) is 4.99. The van der Waals surface area contributed by atoms with Crippen LogP contribution in [0.5, 0.6) is 5.88 Å². The van der Waals surface area contributed by atoms with Crippen molar-refractivity contribution in [1.29, 1.82) is 0 Å². The van der Waals surface area contributed by atoms with Crippen LogP contribution < -0.4 is 4.74 Å². The summed E-state index contributed by atoms with van der Waals surface area (Å²) < 4.78 is 13.5. The molecule has 1 aromatic rings. The van der Waals surface area contributed by atoms with E-state index in [-0.39, 0.29) is 5.04 Å². The number of hydrogen-bond acceptors (Lipinski definition) is 3. The first-order chi connectivity index (χ1) is 8.74. The first kappa shape index (κ1) is 16.2. The van der Waals surface area contributed by atoms with Crippen LogP contribution in [-0.2, 0) is 11.5 Å². The molecule has 5 heteroatoms. The van der Waals surface area contributed by atoms with E-state index in [2.05, 4.69) is 39.0 Å². The van der Waals surface area contributed by atoms with Gasteiger partial charge < -0.3 is 9.16 Å². The van der Waals surface area contributed by atoms with Crippen molar-refractivity contribution < 1.29 is 9.16 Å². The van der Waals surface area contributed by atoms with E-state index in [0.29, 0.717) is 0 Å². The van der Waals surface area contributed by atoms with Gasteiger partial charge in [0.25, 0.3) is 0 Å². The smallest absolute Gasteiger partial charge is 0.211 e. The van der Waals surface area contributed by atoms with E-state index in [9.17, 15) is 0 Å². The standard InChI is InChI=1S/C14H28N2O2Si/c1-14(2,3)19(5,6)18-12-8-7-11-17-13-9-10-15-16(13)4/h9-10H,7-8,11-12H2,1-6H3. The van der Waals surface area contributed by atoms with E-state index in [1.54, 1.807) is 10.9 Å². The van der Waals surface area contributed by atoms with Gasteiger partial charge in [-0.1, -0.05) is 20.8 Å². The van der Waals surface area contributed by atoms with Crippen LogP contribution >= 0.6 is 0 Å². The molecule has 0 saturated heterocycles. The first-order valence-corrected chi connectivity index (χ1v) is 9.89. The van der Waals surface area contributed by atoms with Crippen molar-refractivity contribution in [3.05, 3.63) is 12.3 Å². The second-order valence-electron chi connectivity index (χ2n) is 6.46. The number of aryl methyl sites for hydroxylation is 1. The lowest BCUT2D eigenvalue weighted by Crippen LogP contribution is -2.41. The summed E-state index contributed by atoms with van der Waals surface area (Å²) in [5.41, 5.74) is 0. The molecule has 0 atom stereocenters. The van der Waals surface area contributed by atoms with Crippen molar-refractivity contribution in [3.8, 4) is 5.88 Å². The maximum Gasteiger partial charge on any atom is 0.211 e. The minimum atomic E-state index is -1.58. The molecule has 0 N–H and O–H groups in total. The Bertz CT molecular complexity index is 383. The van der Waals surface area contributed by atoms with Crippen molar-refractivity contribution in [2.45, 2.75) is 51.7 Å². The highest BCUT2D eigenvalue weighted by atomic mass is 28.4. The number of ether oxygens (including phenoxy) is 1. The molecular formula is C14H28N2O2Si. The topological polar surface area (TPSA) is 36.3 Å². The molecule has 0 aromatic carbocycles. The van der Waals surface area contributed by atoms with Gasteiger partial charge in [0.2, 0.25) is 5.88 Å². The van der Waals surface area contributed by atoms with Crippen LogP contribution in [0.15, 0.2) is 12.3 Å². The molecule has 0 amide bonds. The normalized spacial score (nSPS) is 12.7. The summed E-state index contributed by atoms with van der Waals surface area (Å²) in [7, 11) is 0.303. The van der Waals surface area contributed by atoms with Crippen LogP contribution in [0.25, 0.3) is 0 Å². The molecule has 19 heavy (non-hydrogen) atoms. The summed E-state index contributed by atoms with van der Waals surface area (Å²) in [6, 6.07) is 1.88. The minimum absolute atomic E-state index is 0.290. The molecule has 0 saturated carbocycles.